The summed E-state index contributed by atoms with van der Waals surface area (Å²) in [5.74, 6) is 2.58. The number of hydrogen-bond donors (Lipinski definition) is 1. The molecular formula is C17H34O. The van der Waals surface area contributed by atoms with Gasteiger partial charge in [-0.25, -0.2) is 0 Å². The van der Waals surface area contributed by atoms with Crippen molar-refractivity contribution in [3.8, 4) is 0 Å². The first-order valence-corrected chi connectivity index (χ1v) is 8.26. The molecule has 0 amide bonds. The summed E-state index contributed by atoms with van der Waals surface area (Å²) in [6.07, 6.45) is 13.0. The zero-order valence-electron chi connectivity index (χ0n) is 12.8. The molecule has 1 fully saturated rings. The summed E-state index contributed by atoms with van der Waals surface area (Å²) in [5, 5.41) is 9.66. The fraction of sp³-hybridized carbons (Fsp3) is 1.00. The minimum atomic E-state index is 0.00668. The number of rotatable bonds is 8. The van der Waals surface area contributed by atoms with Crippen LogP contribution in [0.15, 0.2) is 0 Å². The van der Waals surface area contributed by atoms with Crippen LogP contribution in [0.1, 0.15) is 85.0 Å². The Morgan fingerprint density at radius 2 is 1.72 bits per heavy atom. The summed E-state index contributed by atoms with van der Waals surface area (Å²) in [6.45, 7) is 7.05. The molecule has 1 aliphatic carbocycles. The van der Waals surface area contributed by atoms with Crippen LogP contribution in [0.2, 0.25) is 0 Å². The highest BCUT2D eigenvalue weighted by atomic mass is 16.3. The van der Waals surface area contributed by atoms with Crippen molar-refractivity contribution in [1.29, 1.82) is 0 Å². The zero-order chi connectivity index (χ0) is 13.4. The maximum atomic E-state index is 9.66. The summed E-state index contributed by atoms with van der Waals surface area (Å²) >= 11 is 0. The number of hydrogen-bond acceptors (Lipinski definition) is 1. The predicted molar refractivity (Wildman–Crippen MR) is 79.7 cm³/mol. The van der Waals surface area contributed by atoms with Gasteiger partial charge in [0, 0.05) is 0 Å². The smallest absolute Gasteiger partial charge is 0.0542 e. The molecule has 1 rings (SSSR count). The lowest BCUT2D eigenvalue weighted by atomic mass is 9.83. The van der Waals surface area contributed by atoms with Gasteiger partial charge < -0.3 is 5.11 Å². The van der Waals surface area contributed by atoms with Gasteiger partial charge >= 0.3 is 0 Å². The van der Waals surface area contributed by atoms with Crippen molar-refractivity contribution >= 4 is 0 Å². The van der Waals surface area contributed by atoms with Gasteiger partial charge in [0.2, 0.25) is 0 Å². The average molecular weight is 254 g/mol. The van der Waals surface area contributed by atoms with Gasteiger partial charge in [-0.15, -0.1) is 0 Å². The van der Waals surface area contributed by atoms with Crippen LogP contribution in [0, 0.1) is 17.8 Å². The summed E-state index contributed by atoms with van der Waals surface area (Å²) in [5.41, 5.74) is 0. The molecule has 0 aromatic carbocycles. The van der Waals surface area contributed by atoms with E-state index in [1.807, 2.05) is 0 Å². The Labute approximate surface area is 114 Å². The lowest BCUT2D eigenvalue weighted by Gasteiger charge is -2.26. The van der Waals surface area contributed by atoms with Gasteiger partial charge in [0.25, 0.3) is 0 Å². The second kappa shape index (κ2) is 8.96. The van der Waals surface area contributed by atoms with Crippen molar-refractivity contribution in [2.45, 2.75) is 91.1 Å². The Morgan fingerprint density at radius 3 is 2.39 bits per heavy atom. The molecule has 3 atom stereocenters. The van der Waals surface area contributed by atoms with Crippen molar-refractivity contribution in [1.82, 2.24) is 0 Å². The summed E-state index contributed by atoms with van der Waals surface area (Å²) in [4.78, 5) is 0. The molecule has 1 heteroatoms. The largest absolute Gasteiger partial charge is 0.393 e. The highest BCUT2D eigenvalue weighted by Gasteiger charge is 2.19. The maximum Gasteiger partial charge on any atom is 0.0542 e. The fourth-order valence-corrected chi connectivity index (χ4v) is 3.30. The highest BCUT2D eigenvalue weighted by molar-refractivity contribution is 4.72. The van der Waals surface area contributed by atoms with Gasteiger partial charge in [-0.1, -0.05) is 72.1 Å². The molecule has 0 aromatic rings. The van der Waals surface area contributed by atoms with Gasteiger partial charge in [-0.05, 0) is 30.6 Å². The van der Waals surface area contributed by atoms with E-state index < -0.39 is 0 Å². The monoisotopic (exact) mass is 254 g/mol. The normalized spacial score (nSPS) is 26.5. The lowest BCUT2D eigenvalue weighted by molar-refractivity contribution is 0.0969. The van der Waals surface area contributed by atoms with E-state index in [-0.39, 0.29) is 6.10 Å². The third-order valence-corrected chi connectivity index (χ3v) is 4.54. The van der Waals surface area contributed by atoms with Gasteiger partial charge in [0.1, 0.15) is 0 Å². The Bertz CT molecular complexity index is 200. The van der Waals surface area contributed by atoms with Crippen LogP contribution in [0.4, 0.5) is 0 Å². The third kappa shape index (κ3) is 7.41. The number of aliphatic hydroxyl groups excluding tert-OH is 1. The van der Waals surface area contributed by atoms with E-state index in [4.69, 9.17) is 0 Å². The predicted octanol–water partition coefficient (Wildman–Crippen LogP) is 5.17. The molecule has 1 aliphatic rings. The molecule has 0 saturated heterocycles. The van der Waals surface area contributed by atoms with Crippen molar-refractivity contribution in [2.24, 2.45) is 17.8 Å². The molecule has 18 heavy (non-hydrogen) atoms. The first kappa shape index (κ1) is 16.0. The third-order valence-electron chi connectivity index (χ3n) is 4.54. The molecule has 0 spiro atoms. The minimum absolute atomic E-state index is 0.00668. The van der Waals surface area contributed by atoms with E-state index in [1.165, 1.54) is 51.4 Å². The number of aliphatic hydroxyl groups is 1. The molecule has 0 aliphatic heterocycles. The van der Waals surface area contributed by atoms with Crippen molar-refractivity contribution < 1.29 is 5.11 Å². The lowest BCUT2D eigenvalue weighted by Crippen LogP contribution is -2.19. The van der Waals surface area contributed by atoms with Crippen molar-refractivity contribution in [3.63, 3.8) is 0 Å². The van der Waals surface area contributed by atoms with Gasteiger partial charge in [0.05, 0.1) is 6.10 Å². The zero-order valence-corrected chi connectivity index (χ0v) is 12.8. The average Bonchev–Trinajstić information content (AvgIpc) is 2.28. The Hall–Kier alpha value is -0.0400. The van der Waals surface area contributed by atoms with E-state index >= 15 is 0 Å². The van der Waals surface area contributed by atoms with Crippen molar-refractivity contribution in [2.75, 3.05) is 0 Å². The topological polar surface area (TPSA) is 20.2 Å². The Morgan fingerprint density at radius 1 is 1.00 bits per heavy atom. The molecule has 3 unspecified atom stereocenters. The van der Waals surface area contributed by atoms with Crippen molar-refractivity contribution in [3.05, 3.63) is 0 Å². The summed E-state index contributed by atoms with van der Waals surface area (Å²) in [7, 11) is 0. The first-order chi connectivity index (χ1) is 8.58. The van der Waals surface area contributed by atoms with E-state index in [1.54, 1.807) is 0 Å². The van der Waals surface area contributed by atoms with E-state index in [0.717, 1.165) is 30.6 Å². The van der Waals surface area contributed by atoms with E-state index in [2.05, 4.69) is 20.8 Å². The molecule has 1 N–H and O–H groups in total. The summed E-state index contributed by atoms with van der Waals surface area (Å²) in [6, 6.07) is 0. The SMILES string of the molecule is CC(C)CCCC(C)CCCC1CCCC(O)C1. The molecule has 0 radical (unpaired) electrons. The summed E-state index contributed by atoms with van der Waals surface area (Å²) < 4.78 is 0. The quantitative estimate of drug-likeness (QED) is 0.633. The maximum absolute atomic E-state index is 9.66. The molecule has 1 saturated carbocycles. The minimum Gasteiger partial charge on any atom is -0.393 e. The van der Waals surface area contributed by atoms with Crippen LogP contribution >= 0.6 is 0 Å². The van der Waals surface area contributed by atoms with Crippen LogP contribution in [0.25, 0.3) is 0 Å². The highest BCUT2D eigenvalue weighted by Crippen LogP contribution is 2.29. The van der Waals surface area contributed by atoms with E-state index in [9.17, 15) is 5.11 Å². The van der Waals surface area contributed by atoms with Crippen LogP contribution in [-0.4, -0.2) is 11.2 Å². The Kier molecular flexibility index (Phi) is 7.97. The molecule has 0 heterocycles. The van der Waals surface area contributed by atoms with Crippen LogP contribution in [0.3, 0.4) is 0 Å². The standard InChI is InChI=1S/C17H34O/c1-14(2)7-4-8-15(3)9-5-10-16-11-6-12-17(18)13-16/h14-18H,4-13H2,1-3H3. The molecule has 0 bridgehead atoms. The van der Waals surface area contributed by atoms with Crippen LogP contribution in [0.5, 0.6) is 0 Å². The Balaban J connectivity index is 1.99. The molecule has 1 nitrogen and oxygen atoms in total. The van der Waals surface area contributed by atoms with Gasteiger partial charge in [-0.3, -0.25) is 0 Å². The second-order valence-corrected chi connectivity index (χ2v) is 7.05. The van der Waals surface area contributed by atoms with Gasteiger partial charge in [0.15, 0.2) is 0 Å². The first-order valence-electron chi connectivity index (χ1n) is 8.26. The fourth-order valence-electron chi connectivity index (χ4n) is 3.30. The molecule has 0 aromatic heterocycles. The van der Waals surface area contributed by atoms with Gasteiger partial charge in [-0.2, -0.15) is 0 Å². The molecule has 108 valence electrons. The van der Waals surface area contributed by atoms with Crippen LogP contribution < -0.4 is 0 Å². The second-order valence-electron chi connectivity index (χ2n) is 7.05. The van der Waals surface area contributed by atoms with E-state index in [0.29, 0.717) is 0 Å². The van der Waals surface area contributed by atoms with Crippen LogP contribution in [-0.2, 0) is 0 Å². The molecular weight excluding hydrogens is 220 g/mol.